The Bertz CT molecular complexity index is 683. The number of nitriles is 1. The van der Waals surface area contributed by atoms with Crippen molar-refractivity contribution in [1.82, 2.24) is 4.98 Å². The lowest BCUT2D eigenvalue weighted by atomic mass is 10.2. The third-order valence-corrected chi connectivity index (χ3v) is 3.76. The van der Waals surface area contributed by atoms with E-state index in [9.17, 15) is 9.65 Å². The molecule has 1 aromatic heterocycles. The Hall–Kier alpha value is -2.35. The van der Waals surface area contributed by atoms with Crippen LogP contribution in [0.5, 0.6) is 0 Å². The SMILES string of the molecule is CCCN(CC1CC1)c1oc(-c2ccc(F)cc2)nc1C#N. The first-order chi connectivity index (χ1) is 10.7. The summed E-state index contributed by atoms with van der Waals surface area (Å²) >= 11 is 0. The molecule has 5 heteroatoms. The van der Waals surface area contributed by atoms with Crippen molar-refractivity contribution in [1.29, 1.82) is 5.26 Å². The highest BCUT2D eigenvalue weighted by molar-refractivity contribution is 5.59. The van der Waals surface area contributed by atoms with E-state index in [0.717, 1.165) is 19.5 Å². The summed E-state index contributed by atoms with van der Waals surface area (Å²) in [5, 5.41) is 9.33. The van der Waals surface area contributed by atoms with Crippen LogP contribution in [0.4, 0.5) is 10.3 Å². The molecule has 1 saturated carbocycles. The topological polar surface area (TPSA) is 53.1 Å². The maximum absolute atomic E-state index is 13.0. The van der Waals surface area contributed by atoms with E-state index in [1.165, 1.54) is 25.0 Å². The highest BCUT2D eigenvalue weighted by Crippen LogP contribution is 2.34. The Morgan fingerprint density at radius 1 is 1.36 bits per heavy atom. The molecule has 0 amide bonds. The lowest BCUT2D eigenvalue weighted by Gasteiger charge is -2.20. The number of benzene rings is 1. The number of oxazole rings is 1. The number of nitrogens with zero attached hydrogens (tertiary/aromatic N) is 3. The number of hydrogen-bond acceptors (Lipinski definition) is 4. The lowest BCUT2D eigenvalue weighted by Crippen LogP contribution is -2.26. The van der Waals surface area contributed by atoms with Gasteiger partial charge in [-0.1, -0.05) is 6.92 Å². The van der Waals surface area contributed by atoms with Crippen LogP contribution in [0.25, 0.3) is 11.5 Å². The standard InChI is InChI=1S/C17H18FN3O/c1-2-9-21(11-12-3-4-12)17-15(10-19)20-16(22-17)13-5-7-14(18)8-6-13/h5-8,12H,2-4,9,11H2,1H3. The molecule has 4 nitrogen and oxygen atoms in total. The predicted molar refractivity (Wildman–Crippen MR) is 81.8 cm³/mol. The van der Waals surface area contributed by atoms with Gasteiger partial charge in [-0.15, -0.1) is 0 Å². The predicted octanol–water partition coefficient (Wildman–Crippen LogP) is 3.98. The van der Waals surface area contributed by atoms with E-state index in [1.807, 2.05) is 0 Å². The Labute approximate surface area is 129 Å². The Balaban J connectivity index is 1.92. The summed E-state index contributed by atoms with van der Waals surface area (Å²) in [5.41, 5.74) is 0.973. The van der Waals surface area contributed by atoms with Crippen LogP contribution in [0.15, 0.2) is 28.7 Å². The molecule has 0 aliphatic heterocycles. The van der Waals surface area contributed by atoms with Gasteiger partial charge in [0.1, 0.15) is 11.9 Å². The first-order valence-corrected chi connectivity index (χ1v) is 7.63. The van der Waals surface area contributed by atoms with Crippen LogP contribution in [0.3, 0.4) is 0 Å². The van der Waals surface area contributed by atoms with Crippen molar-refractivity contribution in [2.24, 2.45) is 5.92 Å². The van der Waals surface area contributed by atoms with Crippen molar-refractivity contribution < 1.29 is 8.81 Å². The zero-order chi connectivity index (χ0) is 15.5. The lowest BCUT2D eigenvalue weighted by molar-refractivity contribution is 0.539. The third-order valence-electron chi connectivity index (χ3n) is 3.76. The van der Waals surface area contributed by atoms with Gasteiger partial charge >= 0.3 is 0 Å². The first-order valence-electron chi connectivity index (χ1n) is 7.63. The van der Waals surface area contributed by atoms with Crippen LogP contribution in [0, 0.1) is 23.1 Å². The van der Waals surface area contributed by atoms with Crippen molar-refractivity contribution in [2.75, 3.05) is 18.0 Å². The molecule has 1 aliphatic rings. The van der Waals surface area contributed by atoms with Crippen molar-refractivity contribution in [3.63, 3.8) is 0 Å². The molecule has 1 fully saturated rings. The van der Waals surface area contributed by atoms with Gasteiger partial charge in [0.25, 0.3) is 0 Å². The molecular formula is C17H18FN3O. The largest absolute Gasteiger partial charge is 0.419 e. The summed E-state index contributed by atoms with van der Waals surface area (Å²) in [6.45, 7) is 3.84. The summed E-state index contributed by atoms with van der Waals surface area (Å²) in [5.74, 6) is 1.29. The van der Waals surface area contributed by atoms with Crippen molar-refractivity contribution in [3.8, 4) is 17.5 Å². The highest BCUT2D eigenvalue weighted by atomic mass is 19.1. The van der Waals surface area contributed by atoms with Crippen molar-refractivity contribution in [2.45, 2.75) is 26.2 Å². The van der Waals surface area contributed by atoms with Crippen LogP contribution in [0.2, 0.25) is 0 Å². The monoisotopic (exact) mass is 299 g/mol. The van der Waals surface area contributed by atoms with Crippen LogP contribution in [0.1, 0.15) is 31.9 Å². The summed E-state index contributed by atoms with van der Waals surface area (Å²) < 4.78 is 18.9. The number of anilines is 1. The second kappa shape index (κ2) is 6.18. The van der Waals surface area contributed by atoms with E-state index in [0.29, 0.717) is 29.0 Å². The molecule has 3 rings (SSSR count). The van der Waals surface area contributed by atoms with Crippen LogP contribution < -0.4 is 4.90 Å². The van der Waals surface area contributed by atoms with Crippen molar-refractivity contribution in [3.05, 3.63) is 35.8 Å². The van der Waals surface area contributed by atoms with E-state index in [1.54, 1.807) is 12.1 Å². The Kier molecular flexibility index (Phi) is 4.10. The molecule has 0 spiro atoms. The summed E-state index contributed by atoms with van der Waals surface area (Å²) in [4.78, 5) is 6.37. The van der Waals surface area contributed by atoms with Crippen LogP contribution in [-0.4, -0.2) is 18.1 Å². The van der Waals surface area contributed by atoms with Gasteiger partial charge in [-0.25, -0.2) is 4.39 Å². The Morgan fingerprint density at radius 2 is 2.09 bits per heavy atom. The molecule has 1 aromatic carbocycles. The quantitative estimate of drug-likeness (QED) is 0.809. The van der Waals surface area contributed by atoms with Gasteiger partial charge in [-0.3, -0.25) is 0 Å². The van der Waals surface area contributed by atoms with Gasteiger partial charge in [0.05, 0.1) is 0 Å². The van der Waals surface area contributed by atoms with Crippen LogP contribution >= 0.6 is 0 Å². The van der Waals surface area contributed by atoms with E-state index in [2.05, 4.69) is 22.9 Å². The molecular weight excluding hydrogens is 281 g/mol. The molecule has 0 radical (unpaired) electrons. The molecule has 22 heavy (non-hydrogen) atoms. The molecule has 0 N–H and O–H groups in total. The van der Waals surface area contributed by atoms with Gasteiger partial charge < -0.3 is 9.32 Å². The molecule has 0 bridgehead atoms. The average Bonchev–Trinajstić information content (AvgIpc) is 3.24. The zero-order valence-corrected chi connectivity index (χ0v) is 12.6. The number of halogens is 1. The minimum Gasteiger partial charge on any atom is -0.419 e. The third kappa shape index (κ3) is 3.11. The molecule has 2 aromatic rings. The molecule has 114 valence electrons. The fraction of sp³-hybridized carbons (Fsp3) is 0.412. The molecule has 0 atom stereocenters. The zero-order valence-electron chi connectivity index (χ0n) is 12.6. The molecule has 1 heterocycles. The van der Waals surface area contributed by atoms with Gasteiger partial charge in [0.2, 0.25) is 17.5 Å². The number of hydrogen-bond donors (Lipinski definition) is 0. The van der Waals surface area contributed by atoms with Crippen molar-refractivity contribution >= 4 is 5.88 Å². The number of rotatable bonds is 6. The van der Waals surface area contributed by atoms with Gasteiger partial charge in [-0.05, 0) is 49.4 Å². The fourth-order valence-electron chi connectivity index (χ4n) is 2.47. The van der Waals surface area contributed by atoms with E-state index in [-0.39, 0.29) is 5.82 Å². The summed E-state index contributed by atoms with van der Waals surface area (Å²) in [6, 6.07) is 8.05. The molecule has 1 aliphatic carbocycles. The summed E-state index contributed by atoms with van der Waals surface area (Å²) in [6.07, 6.45) is 3.45. The molecule has 0 saturated heterocycles. The van der Waals surface area contributed by atoms with E-state index < -0.39 is 0 Å². The highest BCUT2D eigenvalue weighted by Gasteiger charge is 2.28. The average molecular weight is 299 g/mol. The Morgan fingerprint density at radius 3 is 2.68 bits per heavy atom. The second-order valence-electron chi connectivity index (χ2n) is 5.68. The smallest absolute Gasteiger partial charge is 0.235 e. The normalized spacial score (nSPS) is 13.9. The maximum atomic E-state index is 13.0. The van der Waals surface area contributed by atoms with Gasteiger partial charge in [0.15, 0.2) is 0 Å². The van der Waals surface area contributed by atoms with E-state index >= 15 is 0 Å². The minimum absolute atomic E-state index is 0.299. The maximum Gasteiger partial charge on any atom is 0.235 e. The van der Waals surface area contributed by atoms with Crippen LogP contribution in [-0.2, 0) is 0 Å². The molecule has 0 unspecified atom stereocenters. The fourth-order valence-corrected chi connectivity index (χ4v) is 2.47. The van der Waals surface area contributed by atoms with E-state index in [4.69, 9.17) is 4.42 Å². The first kappa shape index (κ1) is 14.6. The summed E-state index contributed by atoms with van der Waals surface area (Å²) in [7, 11) is 0. The second-order valence-corrected chi connectivity index (χ2v) is 5.68. The van der Waals surface area contributed by atoms with Gasteiger partial charge in [0, 0.05) is 18.7 Å². The van der Waals surface area contributed by atoms with Gasteiger partial charge in [-0.2, -0.15) is 10.2 Å². The minimum atomic E-state index is -0.308. The number of aromatic nitrogens is 1.